The zero-order valence-corrected chi connectivity index (χ0v) is 13.0. The molecule has 0 radical (unpaired) electrons. The first-order chi connectivity index (χ1) is 10.1. The van der Waals surface area contributed by atoms with Crippen LogP contribution in [0.4, 0.5) is 5.69 Å². The van der Waals surface area contributed by atoms with Gasteiger partial charge in [-0.05, 0) is 24.6 Å². The predicted octanol–water partition coefficient (Wildman–Crippen LogP) is 1.23. The number of hydrogen-bond acceptors (Lipinski definition) is 4. The summed E-state index contributed by atoms with van der Waals surface area (Å²) in [5.41, 5.74) is 6.92. The second-order valence-corrected chi connectivity index (χ2v) is 6.53. The third kappa shape index (κ3) is 4.67. The Balaban J connectivity index is 1.83. The normalized spacial score (nSPS) is 17.8. The molecule has 1 aromatic rings. The summed E-state index contributed by atoms with van der Waals surface area (Å²) >= 11 is 1.89. The summed E-state index contributed by atoms with van der Waals surface area (Å²) in [5, 5.41) is 3.37. The summed E-state index contributed by atoms with van der Waals surface area (Å²) in [6, 6.07) is 7.47. The molecule has 0 aromatic heterocycles. The molecule has 0 saturated carbocycles. The minimum absolute atomic E-state index is 0.0203. The van der Waals surface area contributed by atoms with E-state index in [4.69, 9.17) is 5.73 Å². The Morgan fingerprint density at radius 3 is 3.00 bits per heavy atom. The highest BCUT2D eigenvalue weighted by atomic mass is 32.2. The van der Waals surface area contributed by atoms with E-state index in [1.165, 1.54) is 6.92 Å². The van der Waals surface area contributed by atoms with E-state index in [1.807, 2.05) is 30.0 Å². The number of benzene rings is 1. The van der Waals surface area contributed by atoms with E-state index in [0.717, 1.165) is 31.0 Å². The molecule has 114 valence electrons. The molecule has 1 saturated heterocycles. The first kappa shape index (κ1) is 15.7. The molecule has 2 amide bonds. The molecule has 1 unspecified atom stereocenters. The highest BCUT2D eigenvalue weighted by molar-refractivity contribution is 7.99. The number of primary amides is 1. The van der Waals surface area contributed by atoms with Crippen molar-refractivity contribution in [1.29, 1.82) is 0 Å². The summed E-state index contributed by atoms with van der Waals surface area (Å²) < 4.78 is 0. The molecule has 1 aliphatic heterocycles. The zero-order chi connectivity index (χ0) is 15.2. The SMILES string of the molecule is CC(=O)NCCSC1CCN(c2cccc(C(N)=O)c2)C1. The lowest BCUT2D eigenvalue weighted by Crippen LogP contribution is -2.24. The fourth-order valence-corrected chi connectivity index (χ4v) is 3.52. The van der Waals surface area contributed by atoms with Gasteiger partial charge in [0.05, 0.1) is 0 Å². The van der Waals surface area contributed by atoms with Crippen LogP contribution in [0, 0.1) is 0 Å². The van der Waals surface area contributed by atoms with Gasteiger partial charge < -0.3 is 16.0 Å². The van der Waals surface area contributed by atoms with E-state index in [1.54, 1.807) is 6.07 Å². The molecule has 5 nitrogen and oxygen atoms in total. The van der Waals surface area contributed by atoms with Gasteiger partial charge in [-0.1, -0.05) is 6.07 Å². The van der Waals surface area contributed by atoms with Gasteiger partial charge in [0.1, 0.15) is 0 Å². The van der Waals surface area contributed by atoms with Crippen molar-refractivity contribution >= 4 is 29.3 Å². The molecule has 0 bridgehead atoms. The summed E-state index contributed by atoms with van der Waals surface area (Å²) in [6.45, 7) is 4.20. The molecular weight excluding hydrogens is 286 g/mol. The topological polar surface area (TPSA) is 75.4 Å². The van der Waals surface area contributed by atoms with Gasteiger partial charge in [0.2, 0.25) is 11.8 Å². The van der Waals surface area contributed by atoms with Crippen molar-refractivity contribution in [2.45, 2.75) is 18.6 Å². The predicted molar refractivity (Wildman–Crippen MR) is 86.7 cm³/mol. The third-order valence-corrected chi connectivity index (χ3v) is 4.77. The van der Waals surface area contributed by atoms with E-state index in [2.05, 4.69) is 10.2 Å². The largest absolute Gasteiger partial charge is 0.370 e. The molecule has 1 atom stereocenters. The molecule has 1 fully saturated rings. The van der Waals surface area contributed by atoms with E-state index in [9.17, 15) is 9.59 Å². The first-order valence-corrected chi connectivity index (χ1v) is 8.12. The molecule has 1 heterocycles. The van der Waals surface area contributed by atoms with Crippen molar-refractivity contribution in [3.05, 3.63) is 29.8 Å². The maximum absolute atomic E-state index is 11.2. The number of carbonyl (C=O) groups excluding carboxylic acids is 2. The van der Waals surface area contributed by atoms with Crippen LogP contribution in [-0.2, 0) is 4.79 Å². The lowest BCUT2D eigenvalue weighted by Gasteiger charge is -2.19. The Hall–Kier alpha value is -1.69. The second kappa shape index (κ2) is 7.36. The monoisotopic (exact) mass is 307 g/mol. The fourth-order valence-electron chi connectivity index (χ4n) is 2.41. The van der Waals surface area contributed by atoms with E-state index in [0.29, 0.717) is 17.4 Å². The number of nitrogens with zero attached hydrogens (tertiary/aromatic N) is 1. The van der Waals surface area contributed by atoms with Crippen LogP contribution in [0.2, 0.25) is 0 Å². The molecule has 1 aromatic carbocycles. The van der Waals surface area contributed by atoms with E-state index in [-0.39, 0.29) is 5.91 Å². The number of carbonyl (C=O) groups is 2. The Kier molecular flexibility index (Phi) is 5.50. The minimum atomic E-state index is -0.391. The second-order valence-electron chi connectivity index (χ2n) is 5.13. The average Bonchev–Trinajstić information content (AvgIpc) is 2.92. The number of anilines is 1. The molecule has 1 aliphatic rings. The van der Waals surface area contributed by atoms with Crippen LogP contribution in [0.25, 0.3) is 0 Å². The smallest absolute Gasteiger partial charge is 0.248 e. The zero-order valence-electron chi connectivity index (χ0n) is 12.2. The molecular formula is C15H21N3O2S. The number of hydrogen-bond donors (Lipinski definition) is 2. The maximum atomic E-state index is 11.2. The lowest BCUT2D eigenvalue weighted by atomic mass is 10.2. The number of nitrogens with one attached hydrogen (secondary N) is 1. The van der Waals surface area contributed by atoms with Crippen LogP contribution in [-0.4, -0.2) is 42.5 Å². The van der Waals surface area contributed by atoms with Crippen LogP contribution >= 0.6 is 11.8 Å². The van der Waals surface area contributed by atoms with Crippen LogP contribution in [0.5, 0.6) is 0 Å². The van der Waals surface area contributed by atoms with Crippen LogP contribution in [0.15, 0.2) is 24.3 Å². The Bertz CT molecular complexity index is 521. The highest BCUT2D eigenvalue weighted by Crippen LogP contribution is 2.27. The standard InChI is InChI=1S/C15H21N3O2S/c1-11(19)17-6-8-21-14-5-7-18(10-14)13-4-2-3-12(9-13)15(16)20/h2-4,9,14H,5-8,10H2,1H3,(H2,16,20)(H,17,19). The summed E-state index contributed by atoms with van der Waals surface area (Å²) in [6.07, 6.45) is 1.12. The van der Waals surface area contributed by atoms with Gasteiger partial charge in [-0.2, -0.15) is 11.8 Å². The average molecular weight is 307 g/mol. The van der Waals surface area contributed by atoms with Crippen LogP contribution in [0.3, 0.4) is 0 Å². The van der Waals surface area contributed by atoms with Crippen molar-refractivity contribution < 1.29 is 9.59 Å². The number of rotatable bonds is 6. The van der Waals surface area contributed by atoms with E-state index < -0.39 is 5.91 Å². The Labute approximate surface area is 129 Å². The van der Waals surface area contributed by atoms with Crippen LogP contribution < -0.4 is 16.0 Å². The maximum Gasteiger partial charge on any atom is 0.248 e. The lowest BCUT2D eigenvalue weighted by molar-refractivity contribution is -0.118. The summed E-state index contributed by atoms with van der Waals surface area (Å²) in [5.74, 6) is 0.559. The van der Waals surface area contributed by atoms with E-state index >= 15 is 0 Å². The van der Waals surface area contributed by atoms with Crippen molar-refractivity contribution in [3.8, 4) is 0 Å². The van der Waals surface area contributed by atoms with Crippen LogP contribution in [0.1, 0.15) is 23.7 Å². The van der Waals surface area contributed by atoms with Gasteiger partial charge in [0.15, 0.2) is 0 Å². The van der Waals surface area contributed by atoms with Crippen molar-refractivity contribution in [2.24, 2.45) is 5.73 Å². The highest BCUT2D eigenvalue weighted by Gasteiger charge is 2.23. The quantitative estimate of drug-likeness (QED) is 0.775. The van der Waals surface area contributed by atoms with Gasteiger partial charge in [-0.25, -0.2) is 0 Å². The first-order valence-electron chi connectivity index (χ1n) is 7.07. The van der Waals surface area contributed by atoms with Crippen molar-refractivity contribution in [3.63, 3.8) is 0 Å². The summed E-state index contributed by atoms with van der Waals surface area (Å²) in [4.78, 5) is 24.3. The van der Waals surface area contributed by atoms with Gasteiger partial charge in [-0.3, -0.25) is 9.59 Å². The Morgan fingerprint density at radius 2 is 2.29 bits per heavy atom. The Morgan fingerprint density at radius 1 is 1.48 bits per heavy atom. The molecule has 6 heteroatoms. The minimum Gasteiger partial charge on any atom is -0.370 e. The van der Waals surface area contributed by atoms with Gasteiger partial charge in [-0.15, -0.1) is 0 Å². The fraction of sp³-hybridized carbons (Fsp3) is 0.467. The number of amides is 2. The molecule has 0 spiro atoms. The number of nitrogens with two attached hydrogens (primary N) is 1. The molecule has 3 N–H and O–H groups in total. The molecule has 0 aliphatic carbocycles. The van der Waals surface area contributed by atoms with Gasteiger partial charge >= 0.3 is 0 Å². The number of thioether (sulfide) groups is 1. The molecule has 21 heavy (non-hydrogen) atoms. The van der Waals surface area contributed by atoms with Crippen molar-refractivity contribution in [2.75, 3.05) is 30.3 Å². The third-order valence-electron chi connectivity index (χ3n) is 3.47. The van der Waals surface area contributed by atoms with Gasteiger partial charge in [0.25, 0.3) is 0 Å². The van der Waals surface area contributed by atoms with Crippen molar-refractivity contribution in [1.82, 2.24) is 5.32 Å². The van der Waals surface area contributed by atoms with Gasteiger partial charge in [0, 0.05) is 48.8 Å². The summed E-state index contributed by atoms with van der Waals surface area (Å²) in [7, 11) is 0. The molecule has 2 rings (SSSR count).